The average molecular weight is 628 g/mol. The van der Waals surface area contributed by atoms with Gasteiger partial charge in [0.2, 0.25) is 0 Å². The minimum Gasteiger partial charge on any atom is -0.455 e. The molecule has 0 saturated carbocycles. The average Bonchev–Trinajstić information content (AvgIpc) is 3.58. The molecule has 0 saturated heterocycles. The van der Waals surface area contributed by atoms with E-state index in [0.29, 0.717) is 17.5 Å². The van der Waals surface area contributed by atoms with E-state index >= 15 is 0 Å². The fraction of sp³-hybridized carbons (Fsp3) is 0. The normalized spacial score (nSPS) is 11.3. The van der Waals surface area contributed by atoms with Crippen LogP contribution in [-0.4, -0.2) is 15.0 Å². The van der Waals surface area contributed by atoms with Crippen LogP contribution < -0.4 is 0 Å². The van der Waals surface area contributed by atoms with Gasteiger partial charge >= 0.3 is 0 Å². The molecule has 0 bridgehead atoms. The molecule has 0 aliphatic rings. The summed E-state index contributed by atoms with van der Waals surface area (Å²) in [5, 5.41) is 2.11. The zero-order chi connectivity index (χ0) is 32.6. The van der Waals surface area contributed by atoms with Crippen LogP contribution in [0, 0.1) is 0 Å². The second-order valence-corrected chi connectivity index (χ2v) is 12.0. The summed E-state index contributed by atoms with van der Waals surface area (Å²) in [5.74, 6) is 1.79. The van der Waals surface area contributed by atoms with Gasteiger partial charge in [-0.3, -0.25) is 0 Å². The van der Waals surface area contributed by atoms with E-state index in [2.05, 4.69) is 115 Å². The van der Waals surface area contributed by atoms with Gasteiger partial charge in [0.05, 0.1) is 5.56 Å². The molecule has 0 amide bonds. The van der Waals surface area contributed by atoms with E-state index in [4.69, 9.17) is 19.4 Å². The van der Waals surface area contributed by atoms with Crippen LogP contribution in [0.5, 0.6) is 0 Å². The Labute approximate surface area is 284 Å². The van der Waals surface area contributed by atoms with Gasteiger partial charge in [-0.1, -0.05) is 158 Å². The number of aromatic nitrogens is 3. The monoisotopic (exact) mass is 627 g/mol. The molecule has 4 heteroatoms. The maximum atomic E-state index is 6.37. The largest absolute Gasteiger partial charge is 0.455 e. The maximum Gasteiger partial charge on any atom is 0.167 e. The third-order valence-electron chi connectivity index (χ3n) is 8.97. The van der Waals surface area contributed by atoms with E-state index in [1.54, 1.807) is 0 Å². The number of benzene rings is 7. The van der Waals surface area contributed by atoms with Crippen LogP contribution in [0.2, 0.25) is 0 Å². The minimum absolute atomic E-state index is 0.572. The number of para-hydroxylation sites is 2. The Balaban J connectivity index is 1.12. The van der Waals surface area contributed by atoms with Crippen molar-refractivity contribution in [1.29, 1.82) is 0 Å². The van der Waals surface area contributed by atoms with Crippen molar-refractivity contribution < 1.29 is 4.42 Å². The molecule has 9 rings (SSSR count). The minimum atomic E-state index is 0.572. The van der Waals surface area contributed by atoms with Crippen molar-refractivity contribution in [2.24, 2.45) is 0 Å². The second-order valence-electron chi connectivity index (χ2n) is 12.0. The van der Waals surface area contributed by atoms with Crippen LogP contribution in [0.25, 0.3) is 89.5 Å². The van der Waals surface area contributed by atoms with Crippen molar-refractivity contribution in [3.8, 4) is 67.5 Å². The lowest BCUT2D eigenvalue weighted by molar-refractivity contribution is 0.669. The smallest absolute Gasteiger partial charge is 0.167 e. The molecule has 7 aromatic carbocycles. The highest BCUT2D eigenvalue weighted by atomic mass is 16.3. The number of nitrogens with zero attached hydrogens (tertiary/aromatic N) is 3. The zero-order valence-corrected chi connectivity index (χ0v) is 26.5. The number of hydrogen-bond donors (Lipinski definition) is 0. The lowest BCUT2D eigenvalue weighted by atomic mass is 9.92. The van der Waals surface area contributed by atoms with E-state index in [1.807, 2.05) is 60.7 Å². The van der Waals surface area contributed by atoms with Gasteiger partial charge in [0.15, 0.2) is 17.5 Å². The lowest BCUT2D eigenvalue weighted by Crippen LogP contribution is -2.00. The molecular formula is C45H29N3O. The first kappa shape index (κ1) is 28.6. The van der Waals surface area contributed by atoms with Gasteiger partial charge in [0.25, 0.3) is 0 Å². The van der Waals surface area contributed by atoms with Crippen LogP contribution in [0.3, 0.4) is 0 Å². The molecule has 230 valence electrons. The number of furan rings is 1. The van der Waals surface area contributed by atoms with E-state index in [1.165, 1.54) is 22.3 Å². The van der Waals surface area contributed by atoms with Crippen LogP contribution in [0.1, 0.15) is 0 Å². The molecule has 0 aliphatic carbocycles. The van der Waals surface area contributed by atoms with E-state index in [0.717, 1.165) is 49.8 Å². The second kappa shape index (κ2) is 12.2. The molecule has 4 nitrogen and oxygen atoms in total. The molecule has 2 aromatic heterocycles. The summed E-state index contributed by atoms with van der Waals surface area (Å²) in [5.41, 5.74) is 11.3. The van der Waals surface area contributed by atoms with Gasteiger partial charge in [0.1, 0.15) is 11.2 Å². The summed E-state index contributed by atoms with van der Waals surface area (Å²) in [6.45, 7) is 0. The Bertz CT molecular complexity index is 2590. The first-order valence-electron chi connectivity index (χ1n) is 16.4. The van der Waals surface area contributed by atoms with Crippen molar-refractivity contribution in [1.82, 2.24) is 15.0 Å². The zero-order valence-electron chi connectivity index (χ0n) is 26.5. The van der Waals surface area contributed by atoms with Crippen LogP contribution in [-0.2, 0) is 0 Å². The van der Waals surface area contributed by atoms with Gasteiger partial charge in [-0.2, -0.15) is 0 Å². The molecule has 49 heavy (non-hydrogen) atoms. The third-order valence-corrected chi connectivity index (χ3v) is 8.97. The first-order chi connectivity index (χ1) is 24.3. The maximum absolute atomic E-state index is 6.37. The van der Waals surface area contributed by atoms with E-state index < -0.39 is 0 Å². The molecule has 2 heterocycles. The summed E-state index contributed by atoms with van der Waals surface area (Å²) in [6.07, 6.45) is 0. The Morgan fingerprint density at radius 1 is 0.306 bits per heavy atom. The molecule has 0 N–H and O–H groups in total. The van der Waals surface area contributed by atoms with Crippen LogP contribution in [0.4, 0.5) is 0 Å². The van der Waals surface area contributed by atoms with E-state index in [9.17, 15) is 0 Å². The van der Waals surface area contributed by atoms with Gasteiger partial charge in [-0.05, 0) is 51.6 Å². The summed E-state index contributed by atoms with van der Waals surface area (Å²) in [6, 6.07) is 60.6. The van der Waals surface area contributed by atoms with Crippen molar-refractivity contribution in [2.45, 2.75) is 0 Å². The van der Waals surface area contributed by atoms with Crippen molar-refractivity contribution in [3.05, 3.63) is 176 Å². The van der Waals surface area contributed by atoms with Crippen LogP contribution in [0.15, 0.2) is 180 Å². The topological polar surface area (TPSA) is 51.8 Å². The Kier molecular flexibility index (Phi) is 7.10. The lowest BCUT2D eigenvalue weighted by Gasteiger charge is -2.12. The standard InChI is InChI=1S/C45H29N3O/c1-3-13-31(14-4-1)36-19-7-8-20-37(36)35-18-11-17-34(29-35)30-25-27-33(28-26-30)44-46-43(32-15-5-2-6-16-32)47-45(48-44)40-23-12-22-39-38-21-9-10-24-41(38)49-42(39)40/h1-29H. The molecule has 0 atom stereocenters. The summed E-state index contributed by atoms with van der Waals surface area (Å²) in [7, 11) is 0. The SMILES string of the molecule is c1ccc(-c2nc(-c3ccc(-c4cccc(-c5ccccc5-c5ccccc5)c4)cc3)nc(-c3cccc4c3oc3ccccc34)n2)cc1. The molecule has 0 aliphatic heterocycles. The Hall–Kier alpha value is -6.65. The number of rotatable bonds is 6. The molecule has 0 spiro atoms. The number of hydrogen-bond acceptors (Lipinski definition) is 4. The van der Waals surface area contributed by atoms with Gasteiger partial charge in [-0.15, -0.1) is 0 Å². The summed E-state index contributed by atoms with van der Waals surface area (Å²) < 4.78 is 6.37. The Morgan fingerprint density at radius 3 is 1.55 bits per heavy atom. The molecule has 0 radical (unpaired) electrons. The highest BCUT2D eigenvalue weighted by molar-refractivity contribution is 6.09. The molecular weight excluding hydrogens is 599 g/mol. The van der Waals surface area contributed by atoms with E-state index in [-0.39, 0.29) is 0 Å². The Morgan fingerprint density at radius 2 is 0.796 bits per heavy atom. The predicted octanol–water partition coefficient (Wildman–Crippen LogP) is 11.8. The number of fused-ring (bicyclic) bond motifs is 3. The highest BCUT2D eigenvalue weighted by Gasteiger charge is 2.18. The van der Waals surface area contributed by atoms with Gasteiger partial charge in [0, 0.05) is 21.9 Å². The fourth-order valence-electron chi connectivity index (χ4n) is 6.55. The summed E-state index contributed by atoms with van der Waals surface area (Å²) in [4.78, 5) is 15.0. The first-order valence-corrected chi connectivity index (χ1v) is 16.4. The third kappa shape index (κ3) is 5.35. The van der Waals surface area contributed by atoms with Crippen molar-refractivity contribution in [2.75, 3.05) is 0 Å². The van der Waals surface area contributed by atoms with Crippen LogP contribution >= 0.6 is 0 Å². The predicted molar refractivity (Wildman–Crippen MR) is 200 cm³/mol. The molecule has 9 aromatic rings. The van der Waals surface area contributed by atoms with Crippen molar-refractivity contribution >= 4 is 21.9 Å². The summed E-state index contributed by atoms with van der Waals surface area (Å²) >= 11 is 0. The fourth-order valence-corrected chi connectivity index (χ4v) is 6.55. The van der Waals surface area contributed by atoms with Gasteiger partial charge in [-0.25, -0.2) is 15.0 Å². The van der Waals surface area contributed by atoms with Crippen molar-refractivity contribution in [3.63, 3.8) is 0 Å². The highest BCUT2D eigenvalue weighted by Crippen LogP contribution is 2.37. The van der Waals surface area contributed by atoms with Gasteiger partial charge < -0.3 is 4.42 Å². The molecule has 0 fully saturated rings. The quantitative estimate of drug-likeness (QED) is 0.184. The molecule has 0 unspecified atom stereocenters.